The highest BCUT2D eigenvalue weighted by atomic mass is 16.6. The SMILES string of the molecule is COC(=O)[C@H]1c2ccccc2[C@H](C(=O)OC)N1NC(=O)OC(C)(C)C. The van der Waals surface area contributed by atoms with Crippen molar-refractivity contribution in [2.45, 2.75) is 38.5 Å². The third-order valence-electron chi connectivity index (χ3n) is 3.61. The summed E-state index contributed by atoms with van der Waals surface area (Å²) in [6.07, 6.45) is -0.789. The van der Waals surface area contributed by atoms with Crippen molar-refractivity contribution in [2.24, 2.45) is 0 Å². The van der Waals surface area contributed by atoms with Gasteiger partial charge in [-0.15, -0.1) is 0 Å². The number of esters is 2. The zero-order valence-electron chi connectivity index (χ0n) is 14.9. The maximum Gasteiger partial charge on any atom is 0.422 e. The smallest absolute Gasteiger partial charge is 0.422 e. The summed E-state index contributed by atoms with van der Waals surface area (Å²) in [6, 6.07) is 4.89. The first-order valence-corrected chi connectivity index (χ1v) is 7.72. The predicted molar refractivity (Wildman–Crippen MR) is 87.2 cm³/mol. The number of methoxy groups -OCH3 is 2. The molecule has 136 valence electrons. The molecule has 2 atom stereocenters. The Morgan fingerprint density at radius 1 is 0.960 bits per heavy atom. The quantitative estimate of drug-likeness (QED) is 0.657. The van der Waals surface area contributed by atoms with Gasteiger partial charge in [0.2, 0.25) is 0 Å². The minimum absolute atomic E-state index is 0.556. The van der Waals surface area contributed by atoms with Crippen LogP contribution in [0.1, 0.15) is 44.0 Å². The molecular formula is C17H22N2O6. The zero-order valence-corrected chi connectivity index (χ0v) is 14.9. The van der Waals surface area contributed by atoms with Crippen LogP contribution in [0.2, 0.25) is 0 Å². The fraction of sp³-hybridized carbons (Fsp3) is 0.471. The van der Waals surface area contributed by atoms with E-state index in [0.29, 0.717) is 11.1 Å². The van der Waals surface area contributed by atoms with Crippen molar-refractivity contribution in [3.05, 3.63) is 35.4 Å². The fourth-order valence-electron chi connectivity index (χ4n) is 2.70. The Kier molecular flexibility index (Phi) is 5.32. The van der Waals surface area contributed by atoms with Crippen molar-refractivity contribution in [2.75, 3.05) is 14.2 Å². The fourth-order valence-corrected chi connectivity index (χ4v) is 2.70. The number of amides is 1. The van der Waals surface area contributed by atoms with Crippen LogP contribution in [0.25, 0.3) is 0 Å². The molecule has 0 spiro atoms. The van der Waals surface area contributed by atoms with E-state index in [-0.39, 0.29) is 0 Å². The summed E-state index contributed by atoms with van der Waals surface area (Å²) in [7, 11) is 2.48. The lowest BCUT2D eigenvalue weighted by molar-refractivity contribution is -0.155. The van der Waals surface area contributed by atoms with Gasteiger partial charge in [0.1, 0.15) is 5.60 Å². The second-order valence-corrected chi connectivity index (χ2v) is 6.50. The number of benzene rings is 1. The van der Waals surface area contributed by atoms with Gasteiger partial charge in [0.15, 0.2) is 12.1 Å². The maximum atomic E-state index is 12.3. The predicted octanol–water partition coefficient (Wildman–Crippen LogP) is 1.87. The van der Waals surface area contributed by atoms with Crippen LogP contribution >= 0.6 is 0 Å². The van der Waals surface area contributed by atoms with Crippen LogP contribution in [-0.2, 0) is 23.8 Å². The first kappa shape index (κ1) is 18.7. The van der Waals surface area contributed by atoms with E-state index in [2.05, 4.69) is 5.43 Å². The molecule has 1 heterocycles. The van der Waals surface area contributed by atoms with Gasteiger partial charge in [0.25, 0.3) is 0 Å². The van der Waals surface area contributed by atoms with E-state index in [0.717, 1.165) is 0 Å². The van der Waals surface area contributed by atoms with Crippen LogP contribution < -0.4 is 5.43 Å². The van der Waals surface area contributed by atoms with Crippen LogP contribution in [0, 0.1) is 0 Å². The zero-order chi connectivity index (χ0) is 18.8. The summed E-state index contributed by atoms with van der Waals surface area (Å²) in [5.74, 6) is -1.23. The van der Waals surface area contributed by atoms with Crippen LogP contribution in [0.4, 0.5) is 4.79 Å². The van der Waals surface area contributed by atoms with Crippen molar-refractivity contribution in [1.82, 2.24) is 10.4 Å². The average Bonchev–Trinajstić information content (AvgIpc) is 2.85. The Bertz CT molecular complexity index is 639. The topological polar surface area (TPSA) is 94.2 Å². The van der Waals surface area contributed by atoms with Gasteiger partial charge in [0, 0.05) is 0 Å². The van der Waals surface area contributed by atoms with Crippen molar-refractivity contribution >= 4 is 18.0 Å². The number of nitrogens with one attached hydrogen (secondary N) is 1. The molecule has 1 amide bonds. The molecule has 8 heteroatoms. The molecule has 0 saturated heterocycles. The molecule has 1 aromatic rings. The van der Waals surface area contributed by atoms with Gasteiger partial charge in [-0.25, -0.2) is 14.4 Å². The number of nitrogens with zero attached hydrogens (tertiary/aromatic N) is 1. The number of rotatable bonds is 3. The molecule has 0 aromatic heterocycles. The van der Waals surface area contributed by atoms with Crippen molar-refractivity contribution in [3.8, 4) is 0 Å². The third-order valence-corrected chi connectivity index (χ3v) is 3.61. The standard InChI is InChI=1S/C17H22N2O6/c1-17(2,3)25-16(22)18-19-12(14(20)23-4)10-8-6-7-9-11(10)13(19)15(21)24-5/h6-9,12-13H,1-5H3,(H,18,22)/t12-,13-/m1/s1. The molecule has 0 fully saturated rings. The molecule has 1 N–H and O–H groups in total. The van der Waals surface area contributed by atoms with Crippen LogP contribution in [0.15, 0.2) is 24.3 Å². The van der Waals surface area contributed by atoms with Gasteiger partial charge < -0.3 is 14.2 Å². The Hall–Kier alpha value is -2.61. The first-order chi connectivity index (χ1) is 11.7. The second-order valence-electron chi connectivity index (χ2n) is 6.50. The normalized spacial score (nSPS) is 19.7. The molecule has 1 aromatic carbocycles. The molecule has 1 aliphatic rings. The highest BCUT2D eigenvalue weighted by Crippen LogP contribution is 2.41. The Morgan fingerprint density at radius 2 is 1.40 bits per heavy atom. The molecule has 25 heavy (non-hydrogen) atoms. The molecule has 0 saturated carbocycles. The van der Waals surface area contributed by atoms with Gasteiger partial charge in [-0.3, -0.25) is 5.43 Å². The second kappa shape index (κ2) is 7.10. The van der Waals surface area contributed by atoms with Crippen molar-refractivity contribution in [3.63, 3.8) is 0 Å². The first-order valence-electron chi connectivity index (χ1n) is 7.72. The van der Waals surface area contributed by atoms with E-state index < -0.39 is 35.7 Å². The molecule has 0 unspecified atom stereocenters. The van der Waals surface area contributed by atoms with Gasteiger partial charge in [0.05, 0.1) is 14.2 Å². The summed E-state index contributed by atoms with van der Waals surface area (Å²) in [4.78, 5) is 36.8. The van der Waals surface area contributed by atoms with Crippen molar-refractivity contribution in [1.29, 1.82) is 0 Å². The number of carbonyl (C=O) groups is 3. The lowest BCUT2D eigenvalue weighted by atomic mass is 10.0. The van der Waals surface area contributed by atoms with Crippen LogP contribution in [-0.4, -0.2) is 42.9 Å². The van der Waals surface area contributed by atoms with Gasteiger partial charge in [-0.05, 0) is 31.9 Å². The monoisotopic (exact) mass is 350 g/mol. The maximum absolute atomic E-state index is 12.3. The number of hydrogen-bond donors (Lipinski definition) is 1. The van der Waals surface area contributed by atoms with Gasteiger partial charge in [-0.2, -0.15) is 5.01 Å². The van der Waals surface area contributed by atoms with E-state index in [4.69, 9.17) is 14.2 Å². The van der Waals surface area contributed by atoms with Gasteiger partial charge in [-0.1, -0.05) is 24.3 Å². The van der Waals surface area contributed by atoms with E-state index in [9.17, 15) is 14.4 Å². The van der Waals surface area contributed by atoms with E-state index >= 15 is 0 Å². The number of hydrazine groups is 1. The molecule has 0 bridgehead atoms. The Labute approximate surface area is 146 Å². The molecule has 2 rings (SSSR count). The molecule has 0 aliphatic carbocycles. The summed E-state index contributed by atoms with van der Waals surface area (Å²) >= 11 is 0. The molecule has 1 aliphatic heterocycles. The number of hydrogen-bond acceptors (Lipinski definition) is 7. The van der Waals surface area contributed by atoms with Gasteiger partial charge >= 0.3 is 18.0 Å². The third kappa shape index (κ3) is 3.90. The Balaban J connectivity index is 2.43. The Morgan fingerprint density at radius 3 is 1.76 bits per heavy atom. The lowest BCUT2D eigenvalue weighted by Crippen LogP contribution is -2.49. The highest BCUT2D eigenvalue weighted by Gasteiger charge is 2.48. The number of fused-ring (bicyclic) bond motifs is 1. The molecule has 8 nitrogen and oxygen atoms in total. The average molecular weight is 350 g/mol. The summed E-state index contributed by atoms with van der Waals surface area (Å²) < 4.78 is 14.9. The summed E-state index contributed by atoms with van der Waals surface area (Å²) in [5.41, 5.74) is 2.86. The largest absolute Gasteiger partial charge is 0.468 e. The van der Waals surface area contributed by atoms with Crippen LogP contribution in [0.3, 0.4) is 0 Å². The summed E-state index contributed by atoms with van der Waals surface area (Å²) in [5, 5.41) is 1.20. The number of ether oxygens (including phenoxy) is 3. The van der Waals surface area contributed by atoms with E-state index in [1.807, 2.05) is 0 Å². The summed E-state index contributed by atoms with van der Waals surface area (Å²) in [6.45, 7) is 5.13. The molecule has 0 radical (unpaired) electrons. The molecular weight excluding hydrogens is 328 g/mol. The highest BCUT2D eigenvalue weighted by molar-refractivity contribution is 5.86. The van der Waals surface area contributed by atoms with Crippen LogP contribution in [0.5, 0.6) is 0 Å². The number of carbonyl (C=O) groups excluding carboxylic acids is 3. The lowest BCUT2D eigenvalue weighted by Gasteiger charge is -2.29. The van der Waals surface area contributed by atoms with E-state index in [1.54, 1.807) is 45.0 Å². The minimum Gasteiger partial charge on any atom is -0.468 e. The van der Waals surface area contributed by atoms with Crippen molar-refractivity contribution < 1.29 is 28.6 Å². The van der Waals surface area contributed by atoms with E-state index in [1.165, 1.54) is 19.2 Å². The minimum atomic E-state index is -0.988.